The van der Waals surface area contributed by atoms with E-state index < -0.39 is 0 Å². The van der Waals surface area contributed by atoms with Crippen LogP contribution in [-0.4, -0.2) is 22.2 Å². The zero-order valence-corrected chi connectivity index (χ0v) is 10.1. The predicted octanol–water partition coefficient (Wildman–Crippen LogP) is 1.87. The average Bonchev–Trinajstić information content (AvgIpc) is 2.32. The van der Waals surface area contributed by atoms with Gasteiger partial charge in [0.25, 0.3) is 0 Å². The molecule has 0 saturated carbocycles. The van der Waals surface area contributed by atoms with E-state index in [4.69, 9.17) is 0 Å². The Morgan fingerprint density at radius 1 is 1.43 bits per heavy atom. The molecule has 0 aromatic rings. The fourth-order valence-electron chi connectivity index (χ4n) is 1.04. The van der Waals surface area contributed by atoms with Gasteiger partial charge in [-0.1, -0.05) is 19.2 Å². The molecule has 0 spiro atoms. The molecule has 78 valence electrons. The molecule has 0 atom stereocenters. The van der Waals surface area contributed by atoms with Gasteiger partial charge in [0, 0.05) is 6.04 Å². The van der Waals surface area contributed by atoms with Gasteiger partial charge in [0.05, 0.1) is 0 Å². The van der Waals surface area contributed by atoms with E-state index in [0.717, 1.165) is 5.92 Å². The van der Waals surface area contributed by atoms with Crippen LogP contribution in [-0.2, 0) is 20.6 Å². The second kappa shape index (κ2) is 6.64. The summed E-state index contributed by atoms with van der Waals surface area (Å²) in [5, 5.41) is 3.12. The van der Waals surface area contributed by atoms with E-state index >= 15 is 0 Å². The minimum absolute atomic E-state index is 0.0538. The van der Waals surface area contributed by atoms with Gasteiger partial charge >= 0.3 is 21.2 Å². The first-order valence-electron chi connectivity index (χ1n) is 4.42. The van der Waals surface area contributed by atoms with Crippen LogP contribution in [0.2, 0.25) is 0 Å². The van der Waals surface area contributed by atoms with Crippen molar-refractivity contribution in [2.24, 2.45) is 0 Å². The quantitative estimate of drug-likeness (QED) is 0.630. The zero-order chi connectivity index (χ0) is 11.1. The summed E-state index contributed by atoms with van der Waals surface area (Å²) in [5.41, 5.74) is 0. The molecule has 0 radical (unpaired) electrons. The molecule has 0 N–H and O–H groups in total. The first-order chi connectivity index (χ1) is 6.61. The van der Waals surface area contributed by atoms with E-state index in [1.807, 2.05) is 39.1 Å². The molecular formula is C11H16CrNO-. The number of rotatable bonds is 1. The Hall–Kier alpha value is -0.778. The van der Waals surface area contributed by atoms with Crippen LogP contribution in [0, 0.1) is 5.92 Å². The monoisotopic (exact) mass is 230 g/mol. The van der Waals surface area contributed by atoms with Gasteiger partial charge in [-0.05, 0) is 13.8 Å². The molecule has 3 heteroatoms. The number of hydrogen-bond donors (Lipinski definition) is 0. The maximum absolute atomic E-state index is 11.4. The van der Waals surface area contributed by atoms with Crippen LogP contribution in [0.4, 0.5) is 0 Å². The summed E-state index contributed by atoms with van der Waals surface area (Å²) in [6, 6.07) is 0.226. The van der Waals surface area contributed by atoms with Crippen molar-refractivity contribution in [3.63, 3.8) is 0 Å². The van der Waals surface area contributed by atoms with Gasteiger partial charge in [-0.25, -0.2) is 0 Å². The molecule has 0 bridgehead atoms. The van der Waals surface area contributed by atoms with Crippen molar-refractivity contribution in [3.05, 3.63) is 30.3 Å². The van der Waals surface area contributed by atoms with Crippen LogP contribution in [0.25, 0.3) is 0 Å². The van der Waals surface area contributed by atoms with Gasteiger partial charge in [-0.3, -0.25) is 4.79 Å². The molecule has 1 aliphatic heterocycles. The molecule has 0 aromatic heterocycles. The second-order valence-electron chi connectivity index (χ2n) is 3.23. The molecule has 0 unspecified atom stereocenters. The molecule has 1 amide bonds. The average molecular weight is 230 g/mol. The van der Waals surface area contributed by atoms with Crippen molar-refractivity contribution in [3.8, 4) is 0 Å². The van der Waals surface area contributed by atoms with Crippen molar-refractivity contribution in [1.82, 2.24) is 4.90 Å². The SMILES string of the molecule is C[C-]1C=CC(=O)N(C(C)C)C=C1.[CH2]=[Cr]. The molecular weight excluding hydrogens is 214 g/mol. The zero-order valence-electron chi connectivity index (χ0n) is 8.86. The third-order valence-electron chi connectivity index (χ3n) is 1.80. The maximum atomic E-state index is 11.4. The summed E-state index contributed by atoms with van der Waals surface area (Å²) in [5.74, 6) is 1.16. The Balaban J connectivity index is 0.000000791. The summed E-state index contributed by atoms with van der Waals surface area (Å²) >= 11 is 2.38. The Morgan fingerprint density at radius 2 is 2.00 bits per heavy atom. The van der Waals surface area contributed by atoms with Gasteiger partial charge in [0.1, 0.15) is 0 Å². The van der Waals surface area contributed by atoms with Crippen LogP contribution >= 0.6 is 0 Å². The van der Waals surface area contributed by atoms with Gasteiger partial charge in [-0.2, -0.15) is 18.1 Å². The summed E-state index contributed by atoms with van der Waals surface area (Å²) in [7, 11) is 0. The Morgan fingerprint density at radius 3 is 2.50 bits per heavy atom. The molecule has 0 aromatic carbocycles. The molecule has 14 heavy (non-hydrogen) atoms. The molecule has 1 heterocycles. The van der Waals surface area contributed by atoms with Crippen molar-refractivity contribution in [1.29, 1.82) is 0 Å². The van der Waals surface area contributed by atoms with Crippen LogP contribution in [0.15, 0.2) is 24.4 Å². The predicted molar refractivity (Wildman–Crippen MR) is 56.3 cm³/mol. The minimum atomic E-state index is 0.0538. The fraction of sp³-hybridized carbons (Fsp3) is 0.364. The number of carbonyl (C=O) groups excluding carboxylic acids is 1. The molecule has 0 saturated heterocycles. The van der Waals surface area contributed by atoms with Crippen molar-refractivity contribution in [2.75, 3.05) is 0 Å². The van der Waals surface area contributed by atoms with Crippen LogP contribution < -0.4 is 0 Å². The summed E-state index contributed by atoms with van der Waals surface area (Å²) < 4.78 is 0. The first kappa shape index (κ1) is 13.2. The first-order valence-corrected chi connectivity index (χ1v) is 5.32. The Bertz CT molecular complexity index is 246. The Kier molecular flexibility index (Phi) is 6.27. The number of hydrogen-bond acceptors (Lipinski definition) is 1. The Labute approximate surface area is 94.3 Å². The number of carbonyl (C=O) groups is 1. The topological polar surface area (TPSA) is 20.3 Å². The van der Waals surface area contributed by atoms with E-state index in [1.165, 1.54) is 0 Å². The molecule has 0 fully saturated rings. The standard InChI is InChI=1S/C10H14NO.CH2.Cr/c1-8(2)11-7-6-9(3)4-5-10(11)12;;/h4-8H,1-3H3;1H2;/q-1;;. The van der Waals surface area contributed by atoms with Crippen LogP contribution in [0.1, 0.15) is 20.8 Å². The van der Waals surface area contributed by atoms with E-state index in [-0.39, 0.29) is 11.9 Å². The van der Waals surface area contributed by atoms with Crippen molar-refractivity contribution >= 4 is 11.3 Å². The fourth-order valence-corrected chi connectivity index (χ4v) is 1.04. The van der Waals surface area contributed by atoms with Crippen LogP contribution in [0.5, 0.6) is 0 Å². The van der Waals surface area contributed by atoms with Crippen molar-refractivity contribution in [2.45, 2.75) is 26.8 Å². The van der Waals surface area contributed by atoms with E-state index in [0.29, 0.717) is 0 Å². The van der Waals surface area contributed by atoms with Gasteiger partial charge in [0.15, 0.2) is 5.91 Å². The van der Waals surface area contributed by atoms with Crippen molar-refractivity contribution < 1.29 is 20.6 Å². The van der Waals surface area contributed by atoms with Gasteiger partial charge < -0.3 is 4.90 Å². The molecule has 1 rings (SSSR count). The molecule has 2 nitrogen and oxygen atoms in total. The van der Waals surface area contributed by atoms with E-state index in [1.54, 1.807) is 11.0 Å². The molecule has 0 aliphatic carbocycles. The molecule has 1 aliphatic rings. The third kappa shape index (κ3) is 3.95. The number of allylic oxidation sites excluding steroid dienone is 2. The van der Waals surface area contributed by atoms with E-state index in [2.05, 4.69) is 21.2 Å². The summed E-state index contributed by atoms with van der Waals surface area (Å²) in [6.07, 6.45) is 7.22. The summed E-state index contributed by atoms with van der Waals surface area (Å²) in [4.78, 5) is 13.1. The third-order valence-corrected chi connectivity index (χ3v) is 1.80. The van der Waals surface area contributed by atoms with Gasteiger partial charge in [-0.15, -0.1) is 0 Å². The second-order valence-corrected chi connectivity index (χ2v) is 3.23. The van der Waals surface area contributed by atoms with Crippen LogP contribution in [0.3, 0.4) is 0 Å². The van der Waals surface area contributed by atoms with Gasteiger partial charge in [0.2, 0.25) is 0 Å². The normalized spacial score (nSPS) is 15.3. The van der Waals surface area contributed by atoms with E-state index in [9.17, 15) is 4.79 Å². The number of nitrogens with zero attached hydrogens (tertiary/aromatic N) is 1. The summed E-state index contributed by atoms with van der Waals surface area (Å²) in [6.45, 7) is 5.97. The number of amides is 1.